The van der Waals surface area contributed by atoms with Gasteiger partial charge in [-0.05, 0) is 36.8 Å². The maximum atomic E-state index is 11.8. The zero-order valence-corrected chi connectivity index (χ0v) is 13.3. The van der Waals surface area contributed by atoms with E-state index in [1.165, 1.54) is 4.88 Å². The average molecular weight is 301 g/mol. The van der Waals surface area contributed by atoms with Gasteiger partial charge in [0.1, 0.15) is 0 Å². The number of nitrogens with one attached hydrogen (secondary N) is 1. The van der Waals surface area contributed by atoms with E-state index in [-0.39, 0.29) is 5.41 Å². The molecule has 2 rings (SSSR count). The van der Waals surface area contributed by atoms with Crippen LogP contribution in [-0.2, 0) is 16.3 Å². The third kappa shape index (κ3) is 4.29. The van der Waals surface area contributed by atoms with E-state index in [0.29, 0.717) is 17.4 Å². The molecular formula is C14H23NO2S2. The molecule has 3 nitrogen and oxygen atoms in total. The molecule has 1 unspecified atom stereocenters. The highest BCUT2D eigenvalue weighted by atomic mass is 32.2. The Hall–Kier alpha value is -0.390. The molecular weight excluding hydrogens is 278 g/mol. The van der Waals surface area contributed by atoms with Gasteiger partial charge in [0.15, 0.2) is 9.84 Å². The maximum Gasteiger partial charge on any atom is 0.150 e. The molecule has 1 atom stereocenters. The van der Waals surface area contributed by atoms with Crippen molar-refractivity contribution in [1.82, 2.24) is 5.32 Å². The molecule has 1 aliphatic heterocycles. The van der Waals surface area contributed by atoms with E-state index in [4.69, 9.17) is 0 Å². The third-order valence-electron chi connectivity index (χ3n) is 3.65. The van der Waals surface area contributed by atoms with Gasteiger partial charge in [-0.2, -0.15) is 0 Å². The molecule has 0 radical (unpaired) electrons. The maximum absolute atomic E-state index is 11.8. The second kappa shape index (κ2) is 5.94. The van der Waals surface area contributed by atoms with Gasteiger partial charge in [0, 0.05) is 16.8 Å². The van der Waals surface area contributed by atoms with Gasteiger partial charge in [-0.25, -0.2) is 8.42 Å². The van der Waals surface area contributed by atoms with Gasteiger partial charge in [-0.3, -0.25) is 0 Å². The van der Waals surface area contributed by atoms with E-state index in [1.807, 2.05) is 6.07 Å². The molecule has 19 heavy (non-hydrogen) atoms. The van der Waals surface area contributed by atoms with Crippen molar-refractivity contribution in [3.63, 3.8) is 0 Å². The van der Waals surface area contributed by atoms with E-state index in [2.05, 4.69) is 30.6 Å². The van der Waals surface area contributed by atoms with Crippen LogP contribution in [0.4, 0.5) is 0 Å². The van der Waals surface area contributed by atoms with Crippen molar-refractivity contribution >= 4 is 21.2 Å². The summed E-state index contributed by atoms with van der Waals surface area (Å²) in [7, 11) is -2.84. The number of rotatable bonds is 6. The smallest absolute Gasteiger partial charge is 0.150 e. The van der Waals surface area contributed by atoms with E-state index in [9.17, 15) is 8.42 Å². The van der Waals surface area contributed by atoms with Gasteiger partial charge in [0.25, 0.3) is 0 Å². The van der Waals surface area contributed by atoms with Crippen LogP contribution >= 0.6 is 11.3 Å². The van der Waals surface area contributed by atoms with Crippen LogP contribution in [0.25, 0.3) is 0 Å². The van der Waals surface area contributed by atoms with Crippen LogP contribution < -0.4 is 5.32 Å². The van der Waals surface area contributed by atoms with E-state index in [1.54, 1.807) is 11.3 Å². The fourth-order valence-electron chi connectivity index (χ4n) is 2.73. The Labute approximate surface area is 120 Å². The Morgan fingerprint density at radius 1 is 1.47 bits per heavy atom. The number of thiophene rings is 1. The molecule has 0 saturated carbocycles. The van der Waals surface area contributed by atoms with Crippen molar-refractivity contribution in [1.29, 1.82) is 0 Å². The van der Waals surface area contributed by atoms with E-state index in [0.717, 1.165) is 25.9 Å². The first-order valence-electron chi connectivity index (χ1n) is 6.84. The molecule has 0 aromatic carbocycles. The summed E-state index contributed by atoms with van der Waals surface area (Å²) >= 11 is 1.73. The van der Waals surface area contributed by atoms with Crippen LogP contribution in [0.2, 0.25) is 0 Å². The Balaban J connectivity index is 2.05. The van der Waals surface area contributed by atoms with E-state index >= 15 is 0 Å². The first-order chi connectivity index (χ1) is 8.91. The van der Waals surface area contributed by atoms with Gasteiger partial charge >= 0.3 is 0 Å². The van der Waals surface area contributed by atoms with Crippen molar-refractivity contribution in [2.45, 2.75) is 26.7 Å². The quantitative estimate of drug-likeness (QED) is 0.877. The fourth-order valence-corrected chi connectivity index (χ4v) is 5.78. The molecule has 1 aliphatic rings. The summed E-state index contributed by atoms with van der Waals surface area (Å²) in [6, 6.07) is 4.15. The zero-order valence-electron chi connectivity index (χ0n) is 11.7. The second-order valence-electron chi connectivity index (χ2n) is 6.12. The molecule has 108 valence electrons. The molecule has 0 bridgehead atoms. The van der Waals surface area contributed by atoms with Crippen molar-refractivity contribution < 1.29 is 8.42 Å². The van der Waals surface area contributed by atoms with Crippen LogP contribution in [-0.4, -0.2) is 33.0 Å². The lowest BCUT2D eigenvalue weighted by molar-refractivity contribution is 0.307. The molecule has 1 aromatic rings. The SMILES string of the molecule is CC(C)CNCC1(Cc2cccs2)CCS(=O)(=O)C1. The molecule has 2 heterocycles. The minimum atomic E-state index is -2.84. The standard InChI is InChI=1S/C14H23NO2S2/c1-12(2)9-15-10-14(5-7-19(16,17)11-14)8-13-4-3-6-18-13/h3-4,6,12,15H,5,7-11H2,1-2H3. The minimum absolute atomic E-state index is 0.0986. The van der Waals surface area contributed by atoms with Crippen molar-refractivity contribution in [2.75, 3.05) is 24.6 Å². The van der Waals surface area contributed by atoms with Crippen molar-refractivity contribution in [2.24, 2.45) is 11.3 Å². The number of sulfone groups is 1. The minimum Gasteiger partial charge on any atom is -0.316 e. The summed E-state index contributed by atoms with van der Waals surface area (Å²) in [5, 5.41) is 5.52. The van der Waals surface area contributed by atoms with Crippen LogP contribution in [0.5, 0.6) is 0 Å². The molecule has 5 heteroatoms. The molecule has 0 amide bonds. The molecule has 0 spiro atoms. The summed E-state index contributed by atoms with van der Waals surface area (Å²) in [5.41, 5.74) is -0.0986. The average Bonchev–Trinajstić information content (AvgIpc) is 2.87. The first-order valence-corrected chi connectivity index (χ1v) is 9.54. The largest absolute Gasteiger partial charge is 0.316 e. The van der Waals surface area contributed by atoms with Gasteiger partial charge in [0.2, 0.25) is 0 Å². The van der Waals surface area contributed by atoms with Gasteiger partial charge in [-0.15, -0.1) is 11.3 Å². The van der Waals surface area contributed by atoms with Crippen LogP contribution in [0.3, 0.4) is 0 Å². The molecule has 1 aromatic heterocycles. The molecule has 0 aliphatic carbocycles. The lowest BCUT2D eigenvalue weighted by Crippen LogP contribution is -2.38. The summed E-state index contributed by atoms with van der Waals surface area (Å²) in [6.07, 6.45) is 1.67. The lowest BCUT2D eigenvalue weighted by Gasteiger charge is -2.28. The normalized spacial score (nSPS) is 26.1. The number of hydrogen-bond donors (Lipinski definition) is 1. The van der Waals surface area contributed by atoms with Crippen molar-refractivity contribution in [3.05, 3.63) is 22.4 Å². The lowest BCUT2D eigenvalue weighted by atomic mass is 9.83. The second-order valence-corrected chi connectivity index (χ2v) is 9.34. The zero-order chi connectivity index (χ0) is 13.9. The Bertz CT molecular complexity index is 494. The summed E-state index contributed by atoms with van der Waals surface area (Å²) < 4.78 is 23.7. The highest BCUT2D eigenvalue weighted by molar-refractivity contribution is 7.91. The van der Waals surface area contributed by atoms with Gasteiger partial charge in [-0.1, -0.05) is 19.9 Å². The Kier molecular flexibility index (Phi) is 4.69. The predicted molar refractivity (Wildman–Crippen MR) is 81.4 cm³/mol. The van der Waals surface area contributed by atoms with Crippen LogP contribution in [0.1, 0.15) is 25.1 Å². The number of hydrogen-bond acceptors (Lipinski definition) is 4. The Morgan fingerprint density at radius 2 is 2.26 bits per heavy atom. The Morgan fingerprint density at radius 3 is 2.79 bits per heavy atom. The van der Waals surface area contributed by atoms with Crippen molar-refractivity contribution in [3.8, 4) is 0 Å². The summed E-state index contributed by atoms with van der Waals surface area (Å²) in [6.45, 7) is 6.10. The fraction of sp³-hybridized carbons (Fsp3) is 0.714. The highest BCUT2D eigenvalue weighted by Crippen LogP contribution is 2.36. The highest BCUT2D eigenvalue weighted by Gasteiger charge is 2.42. The predicted octanol–water partition coefficient (Wildman–Crippen LogP) is 2.34. The van der Waals surface area contributed by atoms with E-state index < -0.39 is 9.84 Å². The van der Waals surface area contributed by atoms with Crippen LogP contribution in [0.15, 0.2) is 17.5 Å². The van der Waals surface area contributed by atoms with Gasteiger partial charge in [0.05, 0.1) is 11.5 Å². The summed E-state index contributed by atoms with van der Waals surface area (Å²) in [5.74, 6) is 1.28. The molecule has 1 N–H and O–H groups in total. The summed E-state index contributed by atoms with van der Waals surface area (Å²) in [4.78, 5) is 1.29. The first kappa shape index (κ1) is 15.0. The monoisotopic (exact) mass is 301 g/mol. The van der Waals surface area contributed by atoms with Gasteiger partial charge < -0.3 is 5.32 Å². The van der Waals surface area contributed by atoms with Crippen LogP contribution in [0, 0.1) is 11.3 Å². The molecule has 1 saturated heterocycles. The molecule has 1 fully saturated rings. The third-order valence-corrected chi connectivity index (χ3v) is 6.41. The topological polar surface area (TPSA) is 46.2 Å².